The molecule has 0 aliphatic rings. The quantitative estimate of drug-likeness (QED) is 0.484. The zero-order chi connectivity index (χ0) is 14.7. The van der Waals surface area contributed by atoms with E-state index in [1.807, 2.05) is 0 Å². The molecule has 20 heavy (non-hydrogen) atoms. The first-order chi connectivity index (χ1) is 9.60. The predicted octanol–water partition coefficient (Wildman–Crippen LogP) is -0.596. The molecule has 0 radical (unpaired) electrons. The standard InChI is InChI=1S/C12H17N5O3/c1-3-6-17-8-9(14-11(17)13-5-4-7-18)16(2)12(20)15-10(8)19/h3,18H,1,4-7H2,2H3,(H,13,14)(H,15,19,20). The first kappa shape index (κ1) is 14.1. The largest absolute Gasteiger partial charge is 0.396 e. The van der Waals surface area contributed by atoms with Crippen molar-refractivity contribution in [3.8, 4) is 0 Å². The summed E-state index contributed by atoms with van der Waals surface area (Å²) >= 11 is 0. The molecule has 0 aliphatic heterocycles. The van der Waals surface area contributed by atoms with Gasteiger partial charge in [0.15, 0.2) is 11.2 Å². The fourth-order valence-electron chi connectivity index (χ4n) is 1.96. The minimum absolute atomic E-state index is 0.0633. The second-order valence-corrected chi connectivity index (χ2v) is 4.33. The van der Waals surface area contributed by atoms with Crippen LogP contribution < -0.4 is 16.6 Å². The van der Waals surface area contributed by atoms with Gasteiger partial charge in [0.05, 0.1) is 0 Å². The van der Waals surface area contributed by atoms with E-state index in [1.165, 1.54) is 4.57 Å². The van der Waals surface area contributed by atoms with Crippen molar-refractivity contribution in [2.24, 2.45) is 7.05 Å². The summed E-state index contributed by atoms with van der Waals surface area (Å²) in [5.74, 6) is 0.472. The molecule has 2 heterocycles. The lowest BCUT2D eigenvalue weighted by atomic mass is 10.4. The van der Waals surface area contributed by atoms with Gasteiger partial charge in [-0.2, -0.15) is 4.98 Å². The zero-order valence-electron chi connectivity index (χ0n) is 11.2. The number of nitrogens with zero attached hydrogens (tertiary/aromatic N) is 3. The van der Waals surface area contributed by atoms with Gasteiger partial charge in [0.25, 0.3) is 5.56 Å². The number of anilines is 1. The third-order valence-electron chi connectivity index (χ3n) is 2.94. The molecule has 108 valence electrons. The van der Waals surface area contributed by atoms with Gasteiger partial charge in [0, 0.05) is 26.7 Å². The molecule has 2 aromatic rings. The number of nitrogens with one attached hydrogen (secondary N) is 2. The number of imidazole rings is 1. The molecule has 2 rings (SSSR count). The summed E-state index contributed by atoms with van der Waals surface area (Å²) in [5.41, 5.74) is -0.356. The SMILES string of the molecule is C=CCn1c(NCCCO)nc2c1c(=O)[nH]c(=O)n2C. The number of aliphatic hydroxyl groups is 1. The molecule has 2 aromatic heterocycles. The molecule has 0 saturated carbocycles. The highest BCUT2D eigenvalue weighted by Crippen LogP contribution is 2.15. The number of aromatic nitrogens is 4. The summed E-state index contributed by atoms with van der Waals surface area (Å²) < 4.78 is 2.94. The van der Waals surface area contributed by atoms with Crippen LogP contribution in [0, 0.1) is 0 Å². The molecule has 3 N–H and O–H groups in total. The third-order valence-corrected chi connectivity index (χ3v) is 2.94. The Kier molecular flexibility index (Phi) is 4.04. The van der Waals surface area contributed by atoms with E-state index in [1.54, 1.807) is 17.7 Å². The van der Waals surface area contributed by atoms with Crippen molar-refractivity contribution in [3.63, 3.8) is 0 Å². The summed E-state index contributed by atoms with van der Waals surface area (Å²) in [6.45, 7) is 4.62. The van der Waals surface area contributed by atoms with E-state index >= 15 is 0 Å². The number of hydrogen-bond donors (Lipinski definition) is 3. The number of fused-ring (bicyclic) bond motifs is 1. The lowest BCUT2D eigenvalue weighted by Crippen LogP contribution is -2.29. The van der Waals surface area contributed by atoms with Gasteiger partial charge in [0.1, 0.15) is 0 Å². The van der Waals surface area contributed by atoms with Crippen LogP contribution in [0.2, 0.25) is 0 Å². The molecule has 8 nitrogen and oxygen atoms in total. The van der Waals surface area contributed by atoms with Crippen molar-refractivity contribution in [2.45, 2.75) is 13.0 Å². The van der Waals surface area contributed by atoms with E-state index in [0.717, 1.165) is 0 Å². The smallest absolute Gasteiger partial charge is 0.329 e. The van der Waals surface area contributed by atoms with Gasteiger partial charge >= 0.3 is 5.69 Å². The fourth-order valence-corrected chi connectivity index (χ4v) is 1.96. The van der Waals surface area contributed by atoms with Crippen molar-refractivity contribution in [2.75, 3.05) is 18.5 Å². The maximum Gasteiger partial charge on any atom is 0.329 e. The normalized spacial score (nSPS) is 10.9. The minimum Gasteiger partial charge on any atom is -0.396 e. The Morgan fingerprint density at radius 1 is 1.50 bits per heavy atom. The Morgan fingerprint density at radius 2 is 2.25 bits per heavy atom. The first-order valence-electron chi connectivity index (χ1n) is 6.25. The maximum absolute atomic E-state index is 12.0. The topological polar surface area (TPSA) is 105 Å². The number of aryl methyl sites for hydroxylation is 1. The van der Waals surface area contributed by atoms with E-state index in [2.05, 4.69) is 21.9 Å². The maximum atomic E-state index is 12.0. The van der Waals surface area contributed by atoms with Crippen LogP contribution in [0.3, 0.4) is 0 Å². The van der Waals surface area contributed by atoms with Crippen LogP contribution in [0.25, 0.3) is 11.2 Å². The lowest BCUT2D eigenvalue weighted by molar-refractivity contribution is 0.292. The molecule has 0 atom stereocenters. The Labute approximate surface area is 114 Å². The first-order valence-corrected chi connectivity index (χ1v) is 6.25. The van der Waals surface area contributed by atoms with E-state index in [9.17, 15) is 9.59 Å². The number of allylic oxidation sites excluding steroid dienone is 1. The van der Waals surface area contributed by atoms with Crippen LogP contribution in [-0.2, 0) is 13.6 Å². The fraction of sp³-hybridized carbons (Fsp3) is 0.417. The number of aromatic amines is 1. The number of hydrogen-bond acceptors (Lipinski definition) is 5. The average molecular weight is 279 g/mol. The predicted molar refractivity (Wildman–Crippen MR) is 76.0 cm³/mol. The van der Waals surface area contributed by atoms with E-state index in [4.69, 9.17) is 5.11 Å². The van der Waals surface area contributed by atoms with Crippen LogP contribution in [0.5, 0.6) is 0 Å². The van der Waals surface area contributed by atoms with Crippen LogP contribution in [0.4, 0.5) is 5.95 Å². The molecule has 0 amide bonds. The number of H-pyrrole nitrogens is 1. The summed E-state index contributed by atoms with van der Waals surface area (Å²) in [6.07, 6.45) is 2.20. The zero-order valence-corrected chi connectivity index (χ0v) is 11.2. The van der Waals surface area contributed by atoms with Crippen molar-refractivity contribution in [1.29, 1.82) is 0 Å². The minimum atomic E-state index is -0.507. The van der Waals surface area contributed by atoms with Gasteiger partial charge in [-0.1, -0.05) is 6.08 Å². The molecule has 0 fully saturated rings. The second kappa shape index (κ2) is 5.74. The molecule has 0 aromatic carbocycles. The highest BCUT2D eigenvalue weighted by molar-refractivity contribution is 5.74. The van der Waals surface area contributed by atoms with Gasteiger partial charge in [-0.25, -0.2) is 4.79 Å². The lowest BCUT2D eigenvalue weighted by Gasteiger charge is -2.07. The molecule has 0 bridgehead atoms. The van der Waals surface area contributed by atoms with Crippen molar-refractivity contribution in [1.82, 2.24) is 19.1 Å². The van der Waals surface area contributed by atoms with Crippen LogP contribution in [0.15, 0.2) is 22.2 Å². The molecule has 0 spiro atoms. The molecule has 0 unspecified atom stereocenters. The van der Waals surface area contributed by atoms with Crippen molar-refractivity contribution in [3.05, 3.63) is 33.5 Å². The van der Waals surface area contributed by atoms with Crippen molar-refractivity contribution < 1.29 is 5.11 Å². The second-order valence-electron chi connectivity index (χ2n) is 4.33. The van der Waals surface area contributed by atoms with E-state index in [0.29, 0.717) is 36.6 Å². The number of rotatable bonds is 6. The number of aliphatic hydroxyl groups excluding tert-OH is 1. The van der Waals surface area contributed by atoms with Gasteiger partial charge in [-0.15, -0.1) is 6.58 Å². The average Bonchev–Trinajstić information content (AvgIpc) is 2.77. The highest BCUT2D eigenvalue weighted by Gasteiger charge is 2.15. The van der Waals surface area contributed by atoms with Crippen LogP contribution in [0.1, 0.15) is 6.42 Å². The Balaban J connectivity index is 2.63. The molecule has 0 aliphatic carbocycles. The Bertz CT molecular complexity index is 740. The Morgan fingerprint density at radius 3 is 2.90 bits per heavy atom. The summed E-state index contributed by atoms with van der Waals surface area (Å²) in [7, 11) is 1.54. The third kappa shape index (κ3) is 2.37. The van der Waals surface area contributed by atoms with Gasteiger partial charge in [-0.05, 0) is 6.42 Å². The van der Waals surface area contributed by atoms with Crippen LogP contribution in [-0.4, -0.2) is 37.4 Å². The van der Waals surface area contributed by atoms with Gasteiger partial charge < -0.3 is 15.0 Å². The monoisotopic (exact) mass is 279 g/mol. The summed E-state index contributed by atoms with van der Waals surface area (Å²) in [6, 6.07) is 0. The Hall–Kier alpha value is -2.35. The van der Waals surface area contributed by atoms with E-state index in [-0.39, 0.29) is 6.61 Å². The van der Waals surface area contributed by atoms with Gasteiger partial charge in [-0.3, -0.25) is 14.3 Å². The summed E-state index contributed by atoms with van der Waals surface area (Å²) in [5, 5.41) is 11.8. The molecular weight excluding hydrogens is 262 g/mol. The van der Waals surface area contributed by atoms with Gasteiger partial charge in [0.2, 0.25) is 5.95 Å². The molecular formula is C12H17N5O3. The molecule has 8 heteroatoms. The highest BCUT2D eigenvalue weighted by atomic mass is 16.3. The van der Waals surface area contributed by atoms with E-state index < -0.39 is 11.2 Å². The molecule has 0 saturated heterocycles. The van der Waals surface area contributed by atoms with Crippen molar-refractivity contribution >= 4 is 17.1 Å². The van der Waals surface area contributed by atoms with Crippen LogP contribution >= 0.6 is 0 Å². The summed E-state index contributed by atoms with van der Waals surface area (Å²) in [4.78, 5) is 30.1.